The lowest BCUT2D eigenvalue weighted by atomic mass is 10.3. The number of hydrogen-bond acceptors (Lipinski definition) is 5. The maximum atomic E-state index is 11.8. The zero-order valence-corrected chi connectivity index (χ0v) is 12.3. The van der Waals surface area contributed by atoms with E-state index in [1.165, 1.54) is 0 Å². The zero-order chi connectivity index (χ0) is 18.1. The Kier molecular flexibility index (Phi) is 8.95. The van der Waals surface area contributed by atoms with Crippen LogP contribution in [0.3, 0.4) is 0 Å². The molecule has 0 fully saturated rings. The first-order valence-electron chi connectivity index (χ1n) is 6.68. The summed E-state index contributed by atoms with van der Waals surface area (Å²) in [5, 5.41) is 0. The Morgan fingerprint density at radius 3 is 1.43 bits per heavy atom. The largest absolute Gasteiger partial charge is 0.490 e. The van der Waals surface area contributed by atoms with Gasteiger partial charge in [-0.05, 0) is 19.4 Å². The maximum Gasteiger partial charge on any atom is 0.490 e. The molecule has 23 heavy (non-hydrogen) atoms. The molecule has 136 valence electrons. The average Bonchev–Trinajstić information content (AvgIpc) is 2.42. The molecule has 11 heteroatoms. The lowest BCUT2D eigenvalue weighted by Crippen LogP contribution is -2.30. The summed E-state index contributed by atoms with van der Waals surface area (Å²) < 4.78 is 79.1. The predicted molar refractivity (Wildman–Crippen MR) is 65.4 cm³/mol. The second-order valence-electron chi connectivity index (χ2n) is 4.41. The van der Waals surface area contributed by atoms with E-state index in [1.807, 2.05) is 0 Å². The molecule has 0 aliphatic heterocycles. The van der Waals surface area contributed by atoms with Gasteiger partial charge in [-0.3, -0.25) is 0 Å². The van der Waals surface area contributed by atoms with Crippen molar-refractivity contribution in [2.75, 3.05) is 32.8 Å². The number of hydrogen-bond donors (Lipinski definition) is 0. The normalized spacial score (nSPS) is 12.3. The van der Waals surface area contributed by atoms with Crippen molar-refractivity contribution in [3.63, 3.8) is 0 Å². The van der Waals surface area contributed by atoms with Crippen LogP contribution in [0.4, 0.5) is 26.3 Å². The molecule has 5 nitrogen and oxygen atoms in total. The van der Waals surface area contributed by atoms with Crippen LogP contribution in [0, 0.1) is 0 Å². The van der Waals surface area contributed by atoms with Crippen LogP contribution in [0.1, 0.15) is 19.8 Å². The molecule has 0 aliphatic carbocycles. The molecule has 0 N–H and O–H groups in total. The topological polar surface area (TPSA) is 55.8 Å². The number of rotatable bonds is 9. The summed E-state index contributed by atoms with van der Waals surface area (Å²) in [6.45, 7) is 1.96. The Bertz CT molecular complexity index is 349. The highest BCUT2D eigenvalue weighted by Crippen LogP contribution is 2.17. The van der Waals surface area contributed by atoms with Crippen molar-refractivity contribution in [2.45, 2.75) is 32.1 Å². The van der Waals surface area contributed by atoms with E-state index in [4.69, 9.17) is 0 Å². The third kappa shape index (κ3) is 9.97. The van der Waals surface area contributed by atoms with E-state index in [-0.39, 0.29) is 25.9 Å². The molecule has 0 spiro atoms. The van der Waals surface area contributed by atoms with Crippen LogP contribution in [0.5, 0.6) is 0 Å². The number of alkyl halides is 6. The molecule has 0 amide bonds. The van der Waals surface area contributed by atoms with Crippen LogP contribution < -0.4 is 0 Å². The number of nitrogens with zero attached hydrogens (tertiary/aromatic N) is 1. The Hall–Kier alpha value is -1.52. The summed E-state index contributed by atoms with van der Waals surface area (Å²) in [6.07, 6.45) is -9.80. The predicted octanol–water partition coefficient (Wildman–Crippen LogP) is 2.30. The van der Waals surface area contributed by atoms with E-state index in [0.717, 1.165) is 0 Å². The lowest BCUT2D eigenvalue weighted by molar-refractivity contribution is -0.199. The number of carbonyl (C=O) groups excluding carboxylic acids is 2. The summed E-state index contributed by atoms with van der Waals surface area (Å²) >= 11 is 0. The first kappa shape index (κ1) is 21.5. The molecule has 0 bridgehead atoms. The fraction of sp³-hybridized carbons (Fsp3) is 0.833. The summed E-state index contributed by atoms with van der Waals surface area (Å²) in [7, 11) is 0. The number of carbonyl (C=O) groups is 2. The van der Waals surface area contributed by atoms with E-state index in [1.54, 1.807) is 11.8 Å². The van der Waals surface area contributed by atoms with Gasteiger partial charge in [-0.25, -0.2) is 9.59 Å². The van der Waals surface area contributed by atoms with E-state index >= 15 is 0 Å². The Balaban J connectivity index is 3.84. The van der Waals surface area contributed by atoms with Gasteiger partial charge in [0.05, 0.1) is 13.2 Å². The van der Waals surface area contributed by atoms with Gasteiger partial charge in [0.25, 0.3) is 0 Å². The van der Waals surface area contributed by atoms with Gasteiger partial charge in [0.15, 0.2) is 0 Å². The van der Waals surface area contributed by atoms with E-state index in [9.17, 15) is 35.9 Å². The van der Waals surface area contributed by atoms with Crippen molar-refractivity contribution in [3.05, 3.63) is 0 Å². The number of ether oxygens (including phenoxy) is 2. The van der Waals surface area contributed by atoms with Gasteiger partial charge in [0.1, 0.15) is 0 Å². The molecule has 0 aliphatic rings. The molecule has 0 aromatic heterocycles. The molecule has 0 aromatic rings. The highest BCUT2D eigenvalue weighted by Gasteiger charge is 2.41. The lowest BCUT2D eigenvalue weighted by Gasteiger charge is -2.20. The van der Waals surface area contributed by atoms with Crippen molar-refractivity contribution in [1.29, 1.82) is 0 Å². The van der Waals surface area contributed by atoms with Gasteiger partial charge >= 0.3 is 24.3 Å². The van der Waals surface area contributed by atoms with Crippen LogP contribution >= 0.6 is 0 Å². The van der Waals surface area contributed by atoms with E-state index < -0.39 is 37.5 Å². The average molecular weight is 353 g/mol. The molecule has 0 saturated heterocycles. The third-order valence-corrected chi connectivity index (χ3v) is 2.61. The van der Waals surface area contributed by atoms with Gasteiger partial charge < -0.3 is 14.4 Å². The minimum absolute atomic E-state index is 0.137. The molecule has 0 heterocycles. The minimum Gasteiger partial charge on any atom is -0.459 e. The Morgan fingerprint density at radius 2 is 1.17 bits per heavy atom. The van der Waals surface area contributed by atoms with Crippen LogP contribution in [0.15, 0.2) is 0 Å². The molecule has 0 saturated carbocycles. The Labute approximate surface area is 128 Å². The van der Waals surface area contributed by atoms with Crippen LogP contribution in [-0.4, -0.2) is 62.0 Å². The first-order chi connectivity index (χ1) is 10.5. The summed E-state index contributed by atoms with van der Waals surface area (Å²) in [4.78, 5) is 22.6. The van der Waals surface area contributed by atoms with Gasteiger partial charge in [0, 0.05) is 13.1 Å². The van der Waals surface area contributed by atoms with Crippen LogP contribution in [0.2, 0.25) is 0 Å². The van der Waals surface area contributed by atoms with E-state index in [0.29, 0.717) is 6.54 Å². The van der Waals surface area contributed by atoms with Crippen molar-refractivity contribution >= 4 is 11.9 Å². The fourth-order valence-corrected chi connectivity index (χ4v) is 1.50. The van der Waals surface area contributed by atoms with Gasteiger partial charge in [-0.1, -0.05) is 6.92 Å². The fourth-order valence-electron chi connectivity index (χ4n) is 1.50. The molecule has 0 radical (unpaired) electrons. The number of esters is 2. The minimum atomic E-state index is -5.03. The first-order valence-corrected chi connectivity index (χ1v) is 6.68. The smallest absolute Gasteiger partial charge is 0.459 e. The summed E-state index contributed by atoms with van der Waals surface area (Å²) in [6, 6.07) is 0. The second kappa shape index (κ2) is 9.58. The Morgan fingerprint density at radius 1 is 0.826 bits per heavy atom. The molecular weight excluding hydrogens is 336 g/mol. The van der Waals surface area contributed by atoms with Crippen LogP contribution in [0.25, 0.3) is 0 Å². The molecule has 0 atom stereocenters. The standard InChI is InChI=1S/C12H17F6NO4/c1-2-19(5-3-7-22-9(20)11(13,14)15)6-4-8-23-10(21)12(16,17)18/h2-8H2,1H3. The third-order valence-electron chi connectivity index (χ3n) is 2.61. The highest BCUT2D eigenvalue weighted by molar-refractivity contribution is 5.75. The van der Waals surface area contributed by atoms with Crippen molar-refractivity contribution in [3.8, 4) is 0 Å². The van der Waals surface area contributed by atoms with Gasteiger partial charge in [-0.15, -0.1) is 0 Å². The van der Waals surface area contributed by atoms with Crippen LogP contribution in [-0.2, 0) is 19.1 Å². The molecule has 0 unspecified atom stereocenters. The monoisotopic (exact) mass is 353 g/mol. The summed E-state index contributed by atoms with van der Waals surface area (Å²) in [5.41, 5.74) is 0. The zero-order valence-electron chi connectivity index (χ0n) is 12.3. The number of halogens is 6. The van der Waals surface area contributed by atoms with E-state index in [2.05, 4.69) is 9.47 Å². The quantitative estimate of drug-likeness (QED) is 0.362. The highest BCUT2D eigenvalue weighted by atomic mass is 19.4. The molecule has 0 aromatic carbocycles. The van der Waals surface area contributed by atoms with Gasteiger partial charge in [-0.2, -0.15) is 26.3 Å². The SMILES string of the molecule is CCN(CCCOC(=O)C(F)(F)F)CCCOC(=O)C(F)(F)F. The van der Waals surface area contributed by atoms with Gasteiger partial charge in [0.2, 0.25) is 0 Å². The summed E-state index contributed by atoms with van der Waals surface area (Å²) in [5.74, 6) is -4.53. The molecular formula is C12H17F6NO4. The second-order valence-corrected chi connectivity index (χ2v) is 4.41. The maximum absolute atomic E-state index is 11.8. The molecule has 0 rings (SSSR count). The van der Waals surface area contributed by atoms with Crippen molar-refractivity contribution in [2.24, 2.45) is 0 Å². The van der Waals surface area contributed by atoms with Crippen molar-refractivity contribution in [1.82, 2.24) is 4.90 Å². The van der Waals surface area contributed by atoms with Crippen molar-refractivity contribution < 1.29 is 45.4 Å².